The minimum atomic E-state index is -0.136. The van der Waals surface area contributed by atoms with E-state index in [1.807, 2.05) is 49.4 Å². The molecule has 1 aromatic heterocycles. The van der Waals surface area contributed by atoms with Crippen molar-refractivity contribution in [3.63, 3.8) is 0 Å². The highest BCUT2D eigenvalue weighted by Gasteiger charge is 2.11. The van der Waals surface area contributed by atoms with Crippen molar-refractivity contribution in [1.82, 2.24) is 10.1 Å². The Balaban J connectivity index is 1.81. The largest absolute Gasteiger partial charge is 0.339 e. The third-order valence-corrected chi connectivity index (χ3v) is 3.46. The Hall–Kier alpha value is -2.95. The van der Waals surface area contributed by atoms with E-state index in [9.17, 15) is 4.79 Å². The SMILES string of the molecule is Cc1cccc(C(=O)Nc2ccccc2Cc2nc(C)no2)c1. The Bertz CT molecular complexity index is 840. The third-order valence-electron chi connectivity index (χ3n) is 3.46. The molecule has 0 aliphatic carbocycles. The van der Waals surface area contributed by atoms with Crippen LogP contribution < -0.4 is 5.32 Å². The Morgan fingerprint density at radius 3 is 2.70 bits per heavy atom. The van der Waals surface area contributed by atoms with Crippen LogP contribution in [0.3, 0.4) is 0 Å². The number of carbonyl (C=O) groups excluding carboxylic acids is 1. The van der Waals surface area contributed by atoms with Crippen LogP contribution in [0.1, 0.15) is 33.2 Å². The van der Waals surface area contributed by atoms with E-state index in [1.54, 1.807) is 13.0 Å². The van der Waals surface area contributed by atoms with Crippen LogP contribution in [-0.4, -0.2) is 16.0 Å². The van der Waals surface area contributed by atoms with Crippen molar-refractivity contribution in [3.05, 3.63) is 76.9 Å². The monoisotopic (exact) mass is 307 g/mol. The zero-order chi connectivity index (χ0) is 16.2. The average Bonchev–Trinajstić information content (AvgIpc) is 2.94. The highest BCUT2D eigenvalue weighted by molar-refractivity contribution is 6.04. The Morgan fingerprint density at radius 2 is 1.96 bits per heavy atom. The fourth-order valence-electron chi connectivity index (χ4n) is 2.35. The lowest BCUT2D eigenvalue weighted by atomic mass is 10.1. The summed E-state index contributed by atoms with van der Waals surface area (Å²) in [7, 11) is 0. The second-order valence-electron chi connectivity index (χ2n) is 5.39. The van der Waals surface area contributed by atoms with Crippen LogP contribution in [-0.2, 0) is 6.42 Å². The summed E-state index contributed by atoms with van der Waals surface area (Å²) in [4.78, 5) is 16.6. The molecular weight excluding hydrogens is 290 g/mol. The first-order chi connectivity index (χ1) is 11.1. The number of hydrogen-bond acceptors (Lipinski definition) is 4. The molecule has 23 heavy (non-hydrogen) atoms. The molecule has 0 aliphatic rings. The van der Waals surface area contributed by atoms with Gasteiger partial charge in [0.25, 0.3) is 5.91 Å². The number of carbonyl (C=O) groups is 1. The first-order valence-electron chi connectivity index (χ1n) is 7.37. The lowest BCUT2D eigenvalue weighted by Gasteiger charge is -2.10. The van der Waals surface area contributed by atoms with E-state index in [0.717, 1.165) is 16.8 Å². The van der Waals surface area contributed by atoms with Crippen LogP contribution in [0.25, 0.3) is 0 Å². The van der Waals surface area contributed by atoms with Crippen LogP contribution in [0.5, 0.6) is 0 Å². The fraction of sp³-hybridized carbons (Fsp3) is 0.167. The summed E-state index contributed by atoms with van der Waals surface area (Å²) in [5.41, 5.74) is 3.35. The van der Waals surface area contributed by atoms with Gasteiger partial charge in [-0.2, -0.15) is 4.98 Å². The van der Waals surface area contributed by atoms with E-state index < -0.39 is 0 Å². The molecule has 0 saturated heterocycles. The standard InChI is InChI=1S/C18H17N3O2/c1-12-6-5-8-15(10-12)18(22)20-16-9-4-3-7-14(16)11-17-19-13(2)21-23-17/h3-10H,11H2,1-2H3,(H,20,22). The number of rotatable bonds is 4. The van der Waals surface area contributed by atoms with Crippen molar-refractivity contribution in [2.45, 2.75) is 20.3 Å². The third kappa shape index (κ3) is 3.63. The van der Waals surface area contributed by atoms with E-state index >= 15 is 0 Å². The molecule has 0 atom stereocenters. The molecule has 0 radical (unpaired) electrons. The number of aryl methyl sites for hydroxylation is 2. The molecule has 5 nitrogen and oxygen atoms in total. The quantitative estimate of drug-likeness (QED) is 0.800. The van der Waals surface area contributed by atoms with Crippen molar-refractivity contribution in [2.24, 2.45) is 0 Å². The number of para-hydroxylation sites is 1. The van der Waals surface area contributed by atoms with Crippen LogP contribution >= 0.6 is 0 Å². The van der Waals surface area contributed by atoms with Gasteiger partial charge in [0, 0.05) is 11.3 Å². The predicted octanol–water partition coefficient (Wildman–Crippen LogP) is 3.53. The lowest BCUT2D eigenvalue weighted by molar-refractivity contribution is 0.102. The van der Waals surface area contributed by atoms with E-state index in [0.29, 0.717) is 23.7 Å². The van der Waals surface area contributed by atoms with Gasteiger partial charge in [-0.25, -0.2) is 0 Å². The molecule has 1 heterocycles. The molecule has 0 fully saturated rings. The highest BCUT2D eigenvalue weighted by atomic mass is 16.5. The number of amides is 1. The smallest absolute Gasteiger partial charge is 0.255 e. The van der Waals surface area contributed by atoms with Crippen molar-refractivity contribution >= 4 is 11.6 Å². The minimum Gasteiger partial charge on any atom is -0.339 e. The number of aromatic nitrogens is 2. The maximum absolute atomic E-state index is 12.4. The maximum Gasteiger partial charge on any atom is 0.255 e. The topological polar surface area (TPSA) is 68.0 Å². The molecule has 3 rings (SSSR count). The van der Waals surface area contributed by atoms with Crippen LogP contribution in [0, 0.1) is 13.8 Å². The average molecular weight is 307 g/mol. The van der Waals surface area contributed by atoms with Gasteiger partial charge in [-0.15, -0.1) is 0 Å². The van der Waals surface area contributed by atoms with Gasteiger partial charge in [0.1, 0.15) is 0 Å². The van der Waals surface area contributed by atoms with Crippen molar-refractivity contribution in [2.75, 3.05) is 5.32 Å². The van der Waals surface area contributed by atoms with E-state index in [-0.39, 0.29) is 5.91 Å². The van der Waals surface area contributed by atoms with Gasteiger partial charge in [-0.1, -0.05) is 41.1 Å². The number of nitrogens with zero attached hydrogens (tertiary/aromatic N) is 2. The molecule has 0 saturated carbocycles. The summed E-state index contributed by atoms with van der Waals surface area (Å²) < 4.78 is 5.15. The first-order valence-corrected chi connectivity index (χ1v) is 7.37. The molecule has 5 heteroatoms. The summed E-state index contributed by atoms with van der Waals surface area (Å²) in [6, 6.07) is 15.1. The zero-order valence-electron chi connectivity index (χ0n) is 13.0. The Labute approximate surface area is 134 Å². The number of anilines is 1. The van der Waals surface area contributed by atoms with Gasteiger partial charge in [0.2, 0.25) is 5.89 Å². The minimum absolute atomic E-state index is 0.136. The number of hydrogen-bond donors (Lipinski definition) is 1. The molecule has 3 aromatic rings. The van der Waals surface area contributed by atoms with E-state index in [1.165, 1.54) is 0 Å². The fourth-order valence-corrected chi connectivity index (χ4v) is 2.35. The van der Waals surface area contributed by atoms with Gasteiger partial charge in [-0.05, 0) is 37.6 Å². The highest BCUT2D eigenvalue weighted by Crippen LogP contribution is 2.19. The molecule has 2 aromatic carbocycles. The molecule has 1 N–H and O–H groups in total. The summed E-state index contributed by atoms with van der Waals surface area (Å²) in [5.74, 6) is 0.990. The number of nitrogens with one attached hydrogen (secondary N) is 1. The lowest BCUT2D eigenvalue weighted by Crippen LogP contribution is -2.13. The maximum atomic E-state index is 12.4. The van der Waals surface area contributed by atoms with Gasteiger partial charge in [-0.3, -0.25) is 4.79 Å². The van der Waals surface area contributed by atoms with Crippen molar-refractivity contribution < 1.29 is 9.32 Å². The normalized spacial score (nSPS) is 10.5. The van der Waals surface area contributed by atoms with Gasteiger partial charge < -0.3 is 9.84 Å². The summed E-state index contributed by atoms with van der Waals surface area (Å²) >= 11 is 0. The summed E-state index contributed by atoms with van der Waals surface area (Å²) in [5, 5.41) is 6.74. The predicted molar refractivity (Wildman–Crippen MR) is 87.4 cm³/mol. The molecular formula is C18H17N3O2. The summed E-state index contributed by atoms with van der Waals surface area (Å²) in [6.45, 7) is 3.74. The molecule has 116 valence electrons. The van der Waals surface area contributed by atoms with Crippen LogP contribution in [0.15, 0.2) is 53.1 Å². The van der Waals surface area contributed by atoms with E-state index in [2.05, 4.69) is 15.5 Å². The van der Waals surface area contributed by atoms with Crippen molar-refractivity contribution in [3.8, 4) is 0 Å². The first kappa shape index (κ1) is 15.0. The molecule has 0 unspecified atom stereocenters. The van der Waals surface area contributed by atoms with Crippen LogP contribution in [0.4, 0.5) is 5.69 Å². The van der Waals surface area contributed by atoms with Crippen molar-refractivity contribution in [1.29, 1.82) is 0 Å². The van der Waals surface area contributed by atoms with Crippen LogP contribution in [0.2, 0.25) is 0 Å². The zero-order valence-corrected chi connectivity index (χ0v) is 13.0. The summed E-state index contributed by atoms with van der Waals surface area (Å²) in [6.07, 6.45) is 0.477. The second kappa shape index (κ2) is 6.44. The Morgan fingerprint density at radius 1 is 1.13 bits per heavy atom. The van der Waals surface area contributed by atoms with E-state index in [4.69, 9.17) is 4.52 Å². The number of benzene rings is 2. The molecule has 0 spiro atoms. The van der Waals surface area contributed by atoms with Gasteiger partial charge in [0.05, 0.1) is 6.42 Å². The Kier molecular flexibility index (Phi) is 4.19. The molecule has 1 amide bonds. The van der Waals surface area contributed by atoms with Gasteiger partial charge >= 0.3 is 0 Å². The van der Waals surface area contributed by atoms with Gasteiger partial charge in [0.15, 0.2) is 5.82 Å². The second-order valence-corrected chi connectivity index (χ2v) is 5.39. The molecule has 0 bridgehead atoms. The molecule has 0 aliphatic heterocycles.